The fraction of sp³-hybridized carbons (Fsp3) is 0.370. The van der Waals surface area contributed by atoms with E-state index in [-0.39, 0.29) is 36.1 Å². The van der Waals surface area contributed by atoms with E-state index in [2.05, 4.69) is 38.1 Å². The molecule has 33 heavy (non-hydrogen) atoms. The number of anilines is 2. The highest BCUT2D eigenvalue weighted by atomic mass is 16.2. The zero-order valence-corrected chi connectivity index (χ0v) is 19.8. The summed E-state index contributed by atoms with van der Waals surface area (Å²) in [6, 6.07) is 16.4. The van der Waals surface area contributed by atoms with Crippen molar-refractivity contribution < 1.29 is 9.59 Å². The predicted octanol–water partition coefficient (Wildman–Crippen LogP) is 4.64. The monoisotopic (exact) mass is 442 g/mol. The Bertz CT molecular complexity index is 1130. The third-order valence-corrected chi connectivity index (χ3v) is 6.62. The molecule has 1 unspecified atom stereocenters. The Morgan fingerprint density at radius 2 is 1.61 bits per heavy atom. The molecular weight excluding hydrogens is 412 g/mol. The highest BCUT2D eigenvalue weighted by Crippen LogP contribution is 2.40. The summed E-state index contributed by atoms with van der Waals surface area (Å²) in [5, 5.41) is 9.81. The Kier molecular flexibility index (Phi) is 6.24. The highest BCUT2D eigenvalue weighted by Gasteiger charge is 2.33. The quantitative estimate of drug-likeness (QED) is 0.499. The molecule has 0 bridgehead atoms. The van der Waals surface area contributed by atoms with E-state index in [0.29, 0.717) is 12.4 Å². The van der Waals surface area contributed by atoms with Gasteiger partial charge >= 0.3 is 0 Å². The maximum absolute atomic E-state index is 13.1. The lowest BCUT2D eigenvalue weighted by molar-refractivity contribution is -0.133. The van der Waals surface area contributed by atoms with Crippen molar-refractivity contribution in [2.45, 2.75) is 45.6 Å². The fourth-order valence-corrected chi connectivity index (χ4v) is 5.16. The number of rotatable bonds is 5. The smallest absolute Gasteiger partial charge is 0.223 e. The maximum Gasteiger partial charge on any atom is 0.223 e. The predicted molar refractivity (Wildman–Crippen MR) is 130 cm³/mol. The Morgan fingerprint density at radius 3 is 2.18 bits per heavy atom. The summed E-state index contributed by atoms with van der Waals surface area (Å²) >= 11 is 0. The van der Waals surface area contributed by atoms with E-state index in [0.717, 1.165) is 29.8 Å². The lowest BCUT2D eigenvalue weighted by Crippen LogP contribution is -2.31. The zero-order valence-electron chi connectivity index (χ0n) is 19.8. The average Bonchev–Trinajstić information content (AvgIpc) is 3.37. The molecule has 2 aliphatic heterocycles. The first-order valence-electron chi connectivity index (χ1n) is 11.4. The third-order valence-electron chi connectivity index (χ3n) is 6.62. The molecule has 2 heterocycles. The molecule has 0 aromatic heterocycles. The normalized spacial score (nSPS) is 17.2. The number of ketones is 1. The highest BCUT2D eigenvalue weighted by molar-refractivity contribution is 6.03. The van der Waals surface area contributed by atoms with E-state index in [1.54, 1.807) is 0 Å². The second-order valence-corrected chi connectivity index (χ2v) is 9.01. The van der Waals surface area contributed by atoms with Crippen LogP contribution < -0.4 is 9.80 Å². The van der Waals surface area contributed by atoms with Gasteiger partial charge in [0, 0.05) is 33.5 Å². The number of amides is 1. The van der Waals surface area contributed by atoms with Crippen LogP contribution in [0.25, 0.3) is 0 Å². The van der Waals surface area contributed by atoms with Gasteiger partial charge in [-0.15, -0.1) is 0 Å². The number of likely N-dealkylation sites (tertiary alicyclic amines) is 1. The number of carbonyl (C=O) groups excluding carboxylic acids is 2. The zero-order chi connectivity index (χ0) is 23.7. The van der Waals surface area contributed by atoms with E-state index in [1.165, 1.54) is 11.1 Å². The molecule has 1 atom stereocenters. The molecule has 0 spiro atoms. The number of allylic oxidation sites excluding steroid dienone is 1. The van der Waals surface area contributed by atoms with Crippen LogP contribution in [0.15, 0.2) is 53.9 Å². The van der Waals surface area contributed by atoms with E-state index < -0.39 is 0 Å². The van der Waals surface area contributed by atoms with Gasteiger partial charge in [0.1, 0.15) is 17.5 Å². The SMILES string of the molecule is Cc1cc(C)cc(C2CCCN2C(=O)CCC(=O)C(C#N)=C2N(C)c3ccccc3N2C)c1. The minimum atomic E-state index is -0.297. The van der Waals surface area contributed by atoms with Gasteiger partial charge in [0.05, 0.1) is 17.4 Å². The van der Waals surface area contributed by atoms with E-state index in [9.17, 15) is 14.9 Å². The third kappa shape index (κ3) is 4.23. The average molecular weight is 443 g/mol. The first-order valence-corrected chi connectivity index (χ1v) is 11.4. The van der Waals surface area contributed by atoms with Crippen LogP contribution in [0.1, 0.15) is 48.4 Å². The minimum absolute atomic E-state index is 0.0243. The number of nitriles is 1. The summed E-state index contributed by atoms with van der Waals surface area (Å²) in [6.07, 6.45) is 2.03. The number of para-hydroxylation sites is 2. The van der Waals surface area contributed by atoms with Crippen molar-refractivity contribution in [1.82, 2.24) is 4.90 Å². The Balaban J connectivity index is 1.48. The van der Waals surface area contributed by atoms with Crippen molar-refractivity contribution in [3.63, 3.8) is 0 Å². The first kappa shape index (κ1) is 22.6. The number of fused-ring (bicyclic) bond motifs is 1. The second kappa shape index (κ2) is 9.11. The van der Waals surface area contributed by atoms with Gasteiger partial charge in [0.25, 0.3) is 0 Å². The van der Waals surface area contributed by atoms with Crippen LogP contribution in [0.5, 0.6) is 0 Å². The van der Waals surface area contributed by atoms with Gasteiger partial charge in [-0.3, -0.25) is 9.59 Å². The van der Waals surface area contributed by atoms with Crippen LogP contribution in [-0.2, 0) is 9.59 Å². The van der Waals surface area contributed by atoms with Crippen molar-refractivity contribution in [3.05, 3.63) is 70.5 Å². The Labute approximate surface area is 195 Å². The van der Waals surface area contributed by atoms with Gasteiger partial charge in [0.15, 0.2) is 5.78 Å². The summed E-state index contributed by atoms with van der Waals surface area (Å²) < 4.78 is 0. The Hall–Kier alpha value is -3.59. The summed E-state index contributed by atoms with van der Waals surface area (Å²) in [6.45, 7) is 4.85. The van der Waals surface area contributed by atoms with Crippen molar-refractivity contribution in [1.29, 1.82) is 5.26 Å². The van der Waals surface area contributed by atoms with E-state index in [1.807, 2.05) is 53.1 Å². The largest absolute Gasteiger partial charge is 0.336 e. The lowest BCUT2D eigenvalue weighted by atomic mass is 9.99. The molecule has 2 aromatic carbocycles. The lowest BCUT2D eigenvalue weighted by Gasteiger charge is -2.26. The molecular formula is C27H30N4O2. The number of carbonyl (C=O) groups is 2. The standard InChI is InChI=1S/C27H30N4O2/c1-18-14-19(2)16-20(15-18)22-10-7-13-31(22)26(33)12-11-25(32)21(17-28)27-29(3)23-8-5-6-9-24(23)30(27)4/h5-6,8-9,14-16,22H,7,10-13H2,1-4H3. The Morgan fingerprint density at radius 1 is 1.00 bits per heavy atom. The number of hydrogen-bond acceptors (Lipinski definition) is 5. The van der Waals surface area contributed by atoms with E-state index >= 15 is 0 Å². The second-order valence-electron chi connectivity index (χ2n) is 9.01. The van der Waals surface area contributed by atoms with Crippen molar-refractivity contribution in [2.24, 2.45) is 0 Å². The molecule has 1 fully saturated rings. The molecule has 6 nitrogen and oxygen atoms in total. The van der Waals surface area contributed by atoms with Crippen LogP contribution in [0, 0.1) is 25.2 Å². The molecule has 1 saturated heterocycles. The molecule has 6 heteroatoms. The molecule has 170 valence electrons. The molecule has 2 aromatic rings. The van der Waals surface area contributed by atoms with Crippen LogP contribution in [0.3, 0.4) is 0 Å². The molecule has 0 radical (unpaired) electrons. The van der Waals surface area contributed by atoms with Crippen LogP contribution in [-0.4, -0.2) is 37.2 Å². The number of benzene rings is 2. The van der Waals surface area contributed by atoms with Crippen LogP contribution in [0.2, 0.25) is 0 Å². The minimum Gasteiger partial charge on any atom is -0.336 e. The molecule has 2 aliphatic rings. The summed E-state index contributed by atoms with van der Waals surface area (Å²) in [5.41, 5.74) is 5.53. The molecule has 1 amide bonds. The maximum atomic E-state index is 13.1. The number of Topliss-reactive ketones (excluding diaryl/α,β-unsaturated/α-hetero) is 1. The molecule has 4 rings (SSSR count). The van der Waals surface area contributed by atoms with Gasteiger partial charge in [-0.25, -0.2) is 0 Å². The summed E-state index contributed by atoms with van der Waals surface area (Å²) in [5.74, 6) is 0.239. The van der Waals surface area contributed by atoms with Gasteiger partial charge in [-0.1, -0.05) is 41.5 Å². The van der Waals surface area contributed by atoms with Gasteiger partial charge in [-0.2, -0.15) is 5.26 Å². The van der Waals surface area contributed by atoms with Crippen molar-refractivity contribution in [3.8, 4) is 6.07 Å². The van der Waals surface area contributed by atoms with Gasteiger partial charge < -0.3 is 14.7 Å². The molecule has 0 saturated carbocycles. The van der Waals surface area contributed by atoms with Crippen LogP contribution in [0.4, 0.5) is 11.4 Å². The molecule has 0 N–H and O–H groups in total. The van der Waals surface area contributed by atoms with E-state index in [4.69, 9.17) is 0 Å². The first-order chi connectivity index (χ1) is 15.8. The summed E-state index contributed by atoms with van der Waals surface area (Å²) in [7, 11) is 3.71. The topological polar surface area (TPSA) is 67.6 Å². The summed E-state index contributed by atoms with van der Waals surface area (Å²) in [4.78, 5) is 31.8. The fourth-order valence-electron chi connectivity index (χ4n) is 5.16. The van der Waals surface area contributed by atoms with Crippen LogP contribution >= 0.6 is 0 Å². The van der Waals surface area contributed by atoms with Crippen molar-refractivity contribution in [2.75, 3.05) is 30.4 Å². The van der Waals surface area contributed by atoms with Gasteiger partial charge in [-0.05, 0) is 44.4 Å². The number of nitrogens with zero attached hydrogens (tertiary/aromatic N) is 4. The number of hydrogen-bond donors (Lipinski definition) is 0. The number of aryl methyl sites for hydroxylation is 2. The van der Waals surface area contributed by atoms with Crippen molar-refractivity contribution >= 4 is 23.1 Å². The molecule has 0 aliphatic carbocycles. The van der Waals surface area contributed by atoms with Gasteiger partial charge in [0.2, 0.25) is 5.91 Å².